The third-order valence-corrected chi connectivity index (χ3v) is 3.84. The van der Waals surface area contributed by atoms with Gasteiger partial charge in [-0.3, -0.25) is 4.79 Å². The number of hydrogen-bond acceptors (Lipinski definition) is 3. The summed E-state index contributed by atoms with van der Waals surface area (Å²) < 4.78 is 5.29. The molecule has 4 heteroatoms. The Kier molecular flexibility index (Phi) is 4.10. The van der Waals surface area contributed by atoms with E-state index >= 15 is 0 Å². The standard InChI is InChI=1S/C15H22N2O2/c1-10-9-17(8-7-16-10)15(18)13-5-6-14(19-4)12(3)11(13)2/h5-6,10,16H,7-9H2,1-4H3. The van der Waals surface area contributed by atoms with Crippen LogP contribution in [-0.4, -0.2) is 43.6 Å². The Morgan fingerprint density at radius 1 is 1.37 bits per heavy atom. The molecular formula is C15H22N2O2. The second-order valence-electron chi connectivity index (χ2n) is 5.17. The molecule has 1 aromatic carbocycles. The lowest BCUT2D eigenvalue weighted by atomic mass is 10.0. The first kappa shape index (κ1) is 13.9. The van der Waals surface area contributed by atoms with Crippen molar-refractivity contribution in [3.05, 3.63) is 28.8 Å². The summed E-state index contributed by atoms with van der Waals surface area (Å²) in [5.74, 6) is 0.958. The lowest BCUT2D eigenvalue weighted by Gasteiger charge is -2.32. The molecule has 0 bridgehead atoms. The summed E-state index contributed by atoms with van der Waals surface area (Å²) in [4.78, 5) is 14.5. The van der Waals surface area contributed by atoms with E-state index in [2.05, 4.69) is 12.2 Å². The van der Waals surface area contributed by atoms with E-state index in [9.17, 15) is 4.79 Å². The molecule has 1 heterocycles. The first-order chi connectivity index (χ1) is 9.04. The number of carbonyl (C=O) groups is 1. The SMILES string of the molecule is COc1ccc(C(=O)N2CCNC(C)C2)c(C)c1C. The molecule has 0 saturated carbocycles. The first-order valence-electron chi connectivity index (χ1n) is 6.71. The molecule has 1 unspecified atom stereocenters. The largest absolute Gasteiger partial charge is 0.496 e. The maximum Gasteiger partial charge on any atom is 0.254 e. The van der Waals surface area contributed by atoms with E-state index in [4.69, 9.17) is 4.74 Å². The van der Waals surface area contributed by atoms with E-state index in [0.717, 1.165) is 42.1 Å². The molecule has 4 nitrogen and oxygen atoms in total. The van der Waals surface area contributed by atoms with Crippen LogP contribution in [0.2, 0.25) is 0 Å². The molecule has 1 atom stereocenters. The van der Waals surface area contributed by atoms with Gasteiger partial charge < -0.3 is 15.0 Å². The van der Waals surface area contributed by atoms with Gasteiger partial charge in [-0.05, 0) is 44.0 Å². The van der Waals surface area contributed by atoms with Gasteiger partial charge in [-0.1, -0.05) is 0 Å². The predicted molar refractivity (Wildman–Crippen MR) is 75.8 cm³/mol. The second-order valence-corrected chi connectivity index (χ2v) is 5.17. The zero-order valence-corrected chi connectivity index (χ0v) is 12.1. The molecule has 0 aromatic heterocycles. The topological polar surface area (TPSA) is 41.6 Å². The number of benzene rings is 1. The van der Waals surface area contributed by atoms with Gasteiger partial charge in [0.05, 0.1) is 7.11 Å². The van der Waals surface area contributed by atoms with Crippen LogP contribution in [0.5, 0.6) is 5.75 Å². The maximum absolute atomic E-state index is 12.6. The van der Waals surface area contributed by atoms with E-state index in [0.29, 0.717) is 6.04 Å². The predicted octanol–water partition coefficient (Wildman–Crippen LogP) is 1.75. The van der Waals surface area contributed by atoms with Crippen molar-refractivity contribution in [1.82, 2.24) is 10.2 Å². The van der Waals surface area contributed by atoms with Gasteiger partial charge in [0.2, 0.25) is 0 Å². The lowest BCUT2D eigenvalue weighted by Crippen LogP contribution is -2.51. The molecule has 2 rings (SSSR count). The van der Waals surface area contributed by atoms with Crippen LogP contribution in [0, 0.1) is 13.8 Å². The van der Waals surface area contributed by atoms with Crippen LogP contribution in [0.15, 0.2) is 12.1 Å². The fourth-order valence-corrected chi connectivity index (χ4v) is 2.54. The van der Waals surface area contributed by atoms with Crippen molar-refractivity contribution >= 4 is 5.91 Å². The third kappa shape index (κ3) is 2.73. The van der Waals surface area contributed by atoms with E-state index in [1.165, 1.54) is 0 Å². The number of rotatable bonds is 2. The van der Waals surface area contributed by atoms with Gasteiger partial charge >= 0.3 is 0 Å². The van der Waals surface area contributed by atoms with Crippen molar-refractivity contribution in [2.24, 2.45) is 0 Å². The number of nitrogens with one attached hydrogen (secondary N) is 1. The van der Waals surface area contributed by atoms with Gasteiger partial charge in [-0.2, -0.15) is 0 Å². The minimum Gasteiger partial charge on any atom is -0.496 e. The Balaban J connectivity index is 2.26. The van der Waals surface area contributed by atoms with Crippen molar-refractivity contribution in [2.45, 2.75) is 26.8 Å². The summed E-state index contributed by atoms with van der Waals surface area (Å²) in [5.41, 5.74) is 2.83. The lowest BCUT2D eigenvalue weighted by molar-refractivity contribution is 0.0708. The third-order valence-electron chi connectivity index (χ3n) is 3.84. The van der Waals surface area contributed by atoms with Crippen molar-refractivity contribution in [2.75, 3.05) is 26.7 Å². The summed E-state index contributed by atoms with van der Waals surface area (Å²) in [5, 5.41) is 3.35. The number of hydrogen-bond donors (Lipinski definition) is 1. The highest BCUT2D eigenvalue weighted by atomic mass is 16.5. The van der Waals surface area contributed by atoms with Crippen LogP contribution >= 0.6 is 0 Å². The molecule has 1 saturated heterocycles. The highest BCUT2D eigenvalue weighted by molar-refractivity contribution is 5.96. The van der Waals surface area contributed by atoms with Crippen LogP contribution in [0.25, 0.3) is 0 Å². The number of nitrogens with zero attached hydrogens (tertiary/aromatic N) is 1. The Labute approximate surface area is 114 Å². The maximum atomic E-state index is 12.6. The van der Waals surface area contributed by atoms with Gasteiger partial charge in [0.15, 0.2) is 0 Å². The summed E-state index contributed by atoms with van der Waals surface area (Å²) in [7, 11) is 1.65. The molecule has 1 N–H and O–H groups in total. The summed E-state index contributed by atoms with van der Waals surface area (Å²) >= 11 is 0. The van der Waals surface area contributed by atoms with Crippen molar-refractivity contribution in [3.8, 4) is 5.75 Å². The Bertz CT molecular complexity index is 485. The molecule has 1 amide bonds. The molecule has 0 radical (unpaired) electrons. The second kappa shape index (κ2) is 5.61. The van der Waals surface area contributed by atoms with E-state index in [1.54, 1.807) is 7.11 Å². The van der Waals surface area contributed by atoms with E-state index in [-0.39, 0.29) is 5.91 Å². The van der Waals surface area contributed by atoms with Gasteiger partial charge in [-0.25, -0.2) is 0 Å². The summed E-state index contributed by atoms with van der Waals surface area (Å²) in [6.07, 6.45) is 0. The first-order valence-corrected chi connectivity index (χ1v) is 6.71. The normalized spacial score (nSPS) is 19.4. The molecule has 104 valence electrons. The highest BCUT2D eigenvalue weighted by Crippen LogP contribution is 2.25. The minimum atomic E-state index is 0.122. The van der Waals surface area contributed by atoms with Gasteiger partial charge in [0, 0.05) is 31.2 Å². The van der Waals surface area contributed by atoms with E-state index in [1.807, 2.05) is 30.9 Å². The Morgan fingerprint density at radius 3 is 2.74 bits per heavy atom. The number of ether oxygens (including phenoxy) is 1. The monoisotopic (exact) mass is 262 g/mol. The van der Waals surface area contributed by atoms with Crippen LogP contribution in [0.1, 0.15) is 28.4 Å². The molecule has 19 heavy (non-hydrogen) atoms. The minimum absolute atomic E-state index is 0.122. The summed E-state index contributed by atoms with van der Waals surface area (Å²) in [6.45, 7) is 8.48. The Morgan fingerprint density at radius 2 is 2.11 bits per heavy atom. The molecule has 1 aliphatic rings. The van der Waals surface area contributed by atoms with Crippen LogP contribution in [0.3, 0.4) is 0 Å². The average molecular weight is 262 g/mol. The van der Waals surface area contributed by atoms with Crippen LogP contribution in [-0.2, 0) is 0 Å². The highest BCUT2D eigenvalue weighted by Gasteiger charge is 2.23. The molecule has 1 aromatic rings. The fourth-order valence-electron chi connectivity index (χ4n) is 2.54. The quantitative estimate of drug-likeness (QED) is 0.883. The van der Waals surface area contributed by atoms with Crippen molar-refractivity contribution < 1.29 is 9.53 Å². The van der Waals surface area contributed by atoms with Crippen LogP contribution in [0.4, 0.5) is 0 Å². The van der Waals surface area contributed by atoms with Gasteiger partial charge in [0.1, 0.15) is 5.75 Å². The Hall–Kier alpha value is -1.55. The zero-order valence-electron chi connectivity index (χ0n) is 12.1. The number of piperazine rings is 1. The van der Waals surface area contributed by atoms with Gasteiger partial charge in [-0.15, -0.1) is 0 Å². The van der Waals surface area contributed by atoms with Crippen LogP contribution < -0.4 is 10.1 Å². The number of carbonyl (C=O) groups excluding carboxylic acids is 1. The van der Waals surface area contributed by atoms with Crippen molar-refractivity contribution in [3.63, 3.8) is 0 Å². The molecule has 1 aliphatic heterocycles. The van der Waals surface area contributed by atoms with Crippen molar-refractivity contribution in [1.29, 1.82) is 0 Å². The summed E-state index contributed by atoms with van der Waals surface area (Å²) in [6, 6.07) is 4.11. The molecular weight excluding hydrogens is 240 g/mol. The molecule has 1 fully saturated rings. The smallest absolute Gasteiger partial charge is 0.254 e. The van der Waals surface area contributed by atoms with Gasteiger partial charge in [0.25, 0.3) is 5.91 Å². The number of amides is 1. The zero-order chi connectivity index (χ0) is 14.0. The number of methoxy groups -OCH3 is 1. The molecule has 0 spiro atoms. The molecule has 0 aliphatic carbocycles. The fraction of sp³-hybridized carbons (Fsp3) is 0.533. The average Bonchev–Trinajstić information content (AvgIpc) is 2.41. The van der Waals surface area contributed by atoms with E-state index < -0.39 is 0 Å².